The lowest BCUT2D eigenvalue weighted by molar-refractivity contribution is -0.140. The van der Waals surface area contributed by atoms with Crippen LogP contribution in [0.5, 0.6) is 0 Å². The van der Waals surface area contributed by atoms with Crippen molar-refractivity contribution in [3.05, 3.63) is 95.3 Å². The first-order valence-corrected chi connectivity index (χ1v) is 13.4. The van der Waals surface area contributed by atoms with Gasteiger partial charge in [-0.05, 0) is 67.3 Å². The Labute approximate surface area is 218 Å². The second kappa shape index (κ2) is 12.0. The predicted molar refractivity (Wildman–Crippen MR) is 142 cm³/mol. The Morgan fingerprint density at radius 3 is 2.22 bits per heavy atom. The van der Waals surface area contributed by atoms with Crippen molar-refractivity contribution in [1.82, 2.24) is 10.2 Å². The average molecular weight is 526 g/mol. The summed E-state index contributed by atoms with van der Waals surface area (Å²) in [5.74, 6) is -1.35. The molecule has 0 bridgehead atoms. The molecule has 0 heterocycles. The van der Waals surface area contributed by atoms with Gasteiger partial charge in [0.25, 0.3) is 10.0 Å². The van der Waals surface area contributed by atoms with Crippen molar-refractivity contribution >= 4 is 27.5 Å². The molecular weight excluding hydrogens is 493 g/mol. The van der Waals surface area contributed by atoms with E-state index in [-0.39, 0.29) is 17.3 Å². The second-order valence-electron chi connectivity index (χ2n) is 8.80. The van der Waals surface area contributed by atoms with Crippen LogP contribution < -0.4 is 9.62 Å². The third kappa shape index (κ3) is 6.54. The van der Waals surface area contributed by atoms with E-state index in [4.69, 9.17) is 0 Å². The van der Waals surface area contributed by atoms with Crippen LogP contribution in [-0.4, -0.2) is 44.8 Å². The Hall–Kier alpha value is -3.72. The molecule has 37 heavy (non-hydrogen) atoms. The maximum absolute atomic E-state index is 13.9. The number of nitrogens with one attached hydrogen (secondary N) is 1. The van der Waals surface area contributed by atoms with E-state index in [0.717, 1.165) is 9.87 Å². The van der Waals surface area contributed by atoms with Gasteiger partial charge in [0.2, 0.25) is 11.8 Å². The minimum atomic E-state index is -4.12. The van der Waals surface area contributed by atoms with E-state index in [1.54, 1.807) is 44.2 Å². The molecule has 3 aromatic rings. The van der Waals surface area contributed by atoms with Crippen LogP contribution >= 0.6 is 0 Å². The molecule has 2 amide bonds. The highest BCUT2D eigenvalue weighted by Crippen LogP contribution is 2.28. The number of benzene rings is 3. The summed E-state index contributed by atoms with van der Waals surface area (Å²) in [4.78, 5) is 28.0. The van der Waals surface area contributed by atoms with Crippen molar-refractivity contribution in [2.75, 3.05) is 17.9 Å². The van der Waals surface area contributed by atoms with Gasteiger partial charge in [0, 0.05) is 13.6 Å². The van der Waals surface area contributed by atoms with Gasteiger partial charge in [-0.1, -0.05) is 49.4 Å². The standard InChI is InChI=1S/C28H32FN3O4S/c1-5-25(28(34)30-4)31(18-22-13-15-23(29)16-14-22)27(33)19-32(26-17-20(2)11-12-21(26)3)37(35,36)24-9-7-6-8-10-24/h6-17,25H,5,18-19H2,1-4H3,(H,30,34)/t25-/m0/s1. The number of hydrogen-bond acceptors (Lipinski definition) is 4. The van der Waals surface area contributed by atoms with Gasteiger partial charge >= 0.3 is 0 Å². The Morgan fingerprint density at radius 1 is 0.973 bits per heavy atom. The van der Waals surface area contributed by atoms with E-state index in [9.17, 15) is 22.4 Å². The molecule has 0 aromatic heterocycles. The van der Waals surface area contributed by atoms with E-state index in [1.807, 2.05) is 13.0 Å². The molecule has 1 N–H and O–H groups in total. The minimum Gasteiger partial charge on any atom is -0.357 e. The van der Waals surface area contributed by atoms with Crippen molar-refractivity contribution in [2.45, 2.75) is 44.7 Å². The molecule has 0 fully saturated rings. The molecule has 0 unspecified atom stereocenters. The van der Waals surface area contributed by atoms with Crippen LogP contribution in [0.25, 0.3) is 0 Å². The predicted octanol–water partition coefficient (Wildman–Crippen LogP) is 4.19. The van der Waals surface area contributed by atoms with Gasteiger partial charge in [0.1, 0.15) is 18.4 Å². The van der Waals surface area contributed by atoms with Gasteiger partial charge in [-0.15, -0.1) is 0 Å². The lowest BCUT2D eigenvalue weighted by Crippen LogP contribution is -2.51. The third-order valence-corrected chi connectivity index (χ3v) is 7.92. The fourth-order valence-corrected chi connectivity index (χ4v) is 5.59. The van der Waals surface area contributed by atoms with Crippen molar-refractivity contribution in [1.29, 1.82) is 0 Å². The number of carbonyl (C=O) groups excluding carboxylic acids is 2. The molecule has 0 aliphatic rings. The van der Waals surface area contributed by atoms with Crippen LogP contribution in [0, 0.1) is 19.7 Å². The topological polar surface area (TPSA) is 86.8 Å². The van der Waals surface area contributed by atoms with Crippen molar-refractivity contribution in [3.63, 3.8) is 0 Å². The number of halogens is 1. The van der Waals surface area contributed by atoms with Gasteiger partial charge in [-0.3, -0.25) is 13.9 Å². The average Bonchev–Trinajstić information content (AvgIpc) is 2.89. The zero-order chi connectivity index (χ0) is 27.2. The number of sulfonamides is 1. The van der Waals surface area contributed by atoms with E-state index in [2.05, 4.69) is 5.32 Å². The van der Waals surface area contributed by atoms with Gasteiger partial charge in [-0.25, -0.2) is 12.8 Å². The Morgan fingerprint density at radius 2 is 1.62 bits per heavy atom. The van der Waals surface area contributed by atoms with Gasteiger partial charge in [0.15, 0.2) is 0 Å². The number of carbonyl (C=O) groups is 2. The third-order valence-electron chi connectivity index (χ3n) is 6.14. The van der Waals surface area contributed by atoms with Crippen LogP contribution in [0.3, 0.4) is 0 Å². The number of nitrogens with zero attached hydrogens (tertiary/aromatic N) is 2. The molecule has 0 saturated carbocycles. The van der Waals surface area contributed by atoms with E-state index >= 15 is 0 Å². The van der Waals surface area contributed by atoms with Crippen LogP contribution in [0.1, 0.15) is 30.0 Å². The molecule has 1 atom stereocenters. The van der Waals surface area contributed by atoms with E-state index in [0.29, 0.717) is 23.2 Å². The Kier molecular flexibility index (Phi) is 9.04. The summed E-state index contributed by atoms with van der Waals surface area (Å²) < 4.78 is 42.2. The zero-order valence-electron chi connectivity index (χ0n) is 21.4. The van der Waals surface area contributed by atoms with Gasteiger partial charge in [-0.2, -0.15) is 0 Å². The minimum absolute atomic E-state index is 0.0110. The highest BCUT2D eigenvalue weighted by molar-refractivity contribution is 7.92. The van der Waals surface area contributed by atoms with Crippen LogP contribution in [0.2, 0.25) is 0 Å². The van der Waals surface area contributed by atoms with E-state index < -0.39 is 34.3 Å². The second-order valence-corrected chi connectivity index (χ2v) is 10.7. The number of aryl methyl sites for hydroxylation is 2. The van der Waals surface area contributed by atoms with E-state index in [1.165, 1.54) is 48.3 Å². The van der Waals surface area contributed by atoms with Crippen molar-refractivity contribution in [2.24, 2.45) is 0 Å². The fraction of sp³-hybridized carbons (Fsp3) is 0.286. The molecule has 0 saturated heterocycles. The summed E-state index contributed by atoms with van der Waals surface area (Å²) in [6.07, 6.45) is 0.307. The summed E-state index contributed by atoms with van der Waals surface area (Å²) in [6, 6.07) is 18.1. The lowest BCUT2D eigenvalue weighted by Gasteiger charge is -2.33. The number of rotatable bonds is 10. The monoisotopic (exact) mass is 525 g/mol. The SMILES string of the molecule is CC[C@@H](C(=O)NC)N(Cc1ccc(F)cc1)C(=O)CN(c1cc(C)ccc1C)S(=O)(=O)c1ccccc1. The number of likely N-dealkylation sites (N-methyl/N-ethyl adjacent to an activating group) is 1. The van der Waals surface area contributed by atoms with Crippen LogP contribution in [0.15, 0.2) is 77.7 Å². The molecular formula is C28H32FN3O4S. The number of hydrogen-bond donors (Lipinski definition) is 1. The molecule has 0 spiro atoms. The maximum atomic E-state index is 13.9. The maximum Gasteiger partial charge on any atom is 0.264 e. The molecule has 0 radical (unpaired) electrons. The largest absolute Gasteiger partial charge is 0.357 e. The van der Waals surface area contributed by atoms with Gasteiger partial charge in [0.05, 0.1) is 10.6 Å². The molecule has 9 heteroatoms. The molecule has 196 valence electrons. The summed E-state index contributed by atoms with van der Waals surface area (Å²) >= 11 is 0. The molecule has 3 rings (SSSR count). The molecule has 7 nitrogen and oxygen atoms in total. The summed E-state index contributed by atoms with van der Waals surface area (Å²) in [7, 11) is -2.64. The fourth-order valence-electron chi connectivity index (χ4n) is 4.09. The normalized spacial score (nSPS) is 12.0. The number of amides is 2. The first-order valence-electron chi connectivity index (χ1n) is 12.0. The van der Waals surface area contributed by atoms with Crippen molar-refractivity contribution in [3.8, 4) is 0 Å². The highest BCUT2D eigenvalue weighted by atomic mass is 32.2. The summed E-state index contributed by atoms with van der Waals surface area (Å²) in [5, 5.41) is 2.58. The first kappa shape index (κ1) is 27.9. The zero-order valence-corrected chi connectivity index (χ0v) is 22.3. The Bertz CT molecular complexity index is 1350. The first-order chi connectivity index (χ1) is 17.6. The summed E-state index contributed by atoms with van der Waals surface area (Å²) in [6.45, 7) is 4.89. The van der Waals surface area contributed by atoms with Crippen LogP contribution in [0.4, 0.5) is 10.1 Å². The van der Waals surface area contributed by atoms with Crippen molar-refractivity contribution < 1.29 is 22.4 Å². The highest BCUT2D eigenvalue weighted by Gasteiger charge is 2.33. The van der Waals surface area contributed by atoms with Crippen LogP contribution in [-0.2, 0) is 26.2 Å². The molecule has 3 aromatic carbocycles. The molecule has 0 aliphatic heterocycles. The quantitative estimate of drug-likeness (QED) is 0.430. The lowest BCUT2D eigenvalue weighted by atomic mass is 10.1. The smallest absolute Gasteiger partial charge is 0.264 e. The Balaban J connectivity index is 2.09. The molecule has 0 aliphatic carbocycles. The van der Waals surface area contributed by atoms with Gasteiger partial charge < -0.3 is 10.2 Å². The number of anilines is 1. The summed E-state index contributed by atoms with van der Waals surface area (Å²) in [5.41, 5.74) is 2.51.